The Morgan fingerprint density at radius 2 is 2.00 bits per heavy atom. The number of carbonyl (C=O) groups is 1. The van der Waals surface area contributed by atoms with E-state index in [-0.39, 0.29) is 17.6 Å². The van der Waals surface area contributed by atoms with E-state index >= 15 is 0 Å². The van der Waals surface area contributed by atoms with Gasteiger partial charge in [-0.25, -0.2) is 0 Å². The standard InChI is InChI=1S/C23H24N2O3/c1-17-4-6-19(7-5-17)16-28-21-10-8-18(9-11-21)13-20(14-24)23(26)25-15-22-3-2-12-27-22/h4-11,13,22H,2-3,12,15-16H2,1H3,(H,25,26)/b20-13+/t22-/m1/s1. The van der Waals surface area contributed by atoms with Crippen molar-refractivity contribution in [2.45, 2.75) is 32.5 Å². The number of nitriles is 1. The van der Waals surface area contributed by atoms with Gasteiger partial charge in [-0.05, 0) is 49.1 Å². The molecule has 0 bridgehead atoms. The molecule has 0 saturated carbocycles. The molecule has 2 aromatic rings. The van der Waals surface area contributed by atoms with Gasteiger partial charge in [0.15, 0.2) is 0 Å². The number of nitrogens with one attached hydrogen (secondary N) is 1. The molecule has 0 aliphatic carbocycles. The highest BCUT2D eigenvalue weighted by molar-refractivity contribution is 6.01. The lowest BCUT2D eigenvalue weighted by Gasteiger charge is -2.10. The Kier molecular flexibility index (Phi) is 6.83. The molecule has 1 aliphatic rings. The summed E-state index contributed by atoms with van der Waals surface area (Å²) in [6.07, 6.45) is 3.58. The summed E-state index contributed by atoms with van der Waals surface area (Å²) >= 11 is 0. The third kappa shape index (κ3) is 5.70. The van der Waals surface area contributed by atoms with Crippen molar-refractivity contribution in [3.8, 4) is 11.8 Å². The topological polar surface area (TPSA) is 71.3 Å². The molecule has 1 aliphatic heterocycles. The van der Waals surface area contributed by atoms with Gasteiger partial charge in [-0.3, -0.25) is 4.79 Å². The maximum atomic E-state index is 12.2. The summed E-state index contributed by atoms with van der Waals surface area (Å²) in [5.41, 5.74) is 3.16. The Hall–Kier alpha value is -3.10. The zero-order chi connectivity index (χ0) is 19.8. The number of rotatable bonds is 7. The van der Waals surface area contributed by atoms with Crippen molar-refractivity contribution >= 4 is 12.0 Å². The molecule has 2 aromatic carbocycles. The zero-order valence-electron chi connectivity index (χ0n) is 16.0. The minimum atomic E-state index is -0.377. The van der Waals surface area contributed by atoms with Gasteiger partial charge in [0.2, 0.25) is 0 Å². The van der Waals surface area contributed by atoms with Crippen LogP contribution >= 0.6 is 0 Å². The first kappa shape index (κ1) is 19.7. The minimum Gasteiger partial charge on any atom is -0.489 e. The number of hydrogen-bond acceptors (Lipinski definition) is 4. The molecule has 1 fully saturated rings. The summed E-state index contributed by atoms with van der Waals surface area (Å²) in [5.74, 6) is 0.358. The van der Waals surface area contributed by atoms with Crippen LogP contribution in [0.1, 0.15) is 29.5 Å². The van der Waals surface area contributed by atoms with Crippen LogP contribution in [-0.2, 0) is 16.1 Å². The van der Waals surface area contributed by atoms with Crippen LogP contribution in [0, 0.1) is 18.3 Å². The van der Waals surface area contributed by atoms with Gasteiger partial charge in [0.25, 0.3) is 5.91 Å². The lowest BCUT2D eigenvalue weighted by molar-refractivity contribution is -0.117. The van der Waals surface area contributed by atoms with Gasteiger partial charge in [0, 0.05) is 13.2 Å². The van der Waals surface area contributed by atoms with Gasteiger partial charge in [-0.15, -0.1) is 0 Å². The van der Waals surface area contributed by atoms with Crippen LogP contribution in [0.5, 0.6) is 5.75 Å². The Morgan fingerprint density at radius 3 is 2.64 bits per heavy atom. The fourth-order valence-corrected chi connectivity index (χ4v) is 2.93. The first-order chi connectivity index (χ1) is 13.6. The molecular weight excluding hydrogens is 352 g/mol. The quantitative estimate of drug-likeness (QED) is 0.590. The van der Waals surface area contributed by atoms with Crippen molar-refractivity contribution in [1.82, 2.24) is 5.32 Å². The average Bonchev–Trinajstić information content (AvgIpc) is 3.24. The molecule has 5 nitrogen and oxygen atoms in total. The first-order valence-corrected chi connectivity index (χ1v) is 9.44. The molecule has 3 rings (SSSR count). The largest absolute Gasteiger partial charge is 0.489 e. The number of benzene rings is 2. The first-order valence-electron chi connectivity index (χ1n) is 9.44. The zero-order valence-corrected chi connectivity index (χ0v) is 16.0. The molecule has 0 unspecified atom stereocenters. The molecule has 1 N–H and O–H groups in total. The number of carbonyl (C=O) groups excluding carboxylic acids is 1. The monoisotopic (exact) mass is 376 g/mol. The van der Waals surface area contributed by atoms with Crippen LogP contribution in [0.3, 0.4) is 0 Å². The van der Waals surface area contributed by atoms with Gasteiger partial charge in [-0.2, -0.15) is 5.26 Å². The van der Waals surface area contributed by atoms with E-state index in [1.807, 2.05) is 42.5 Å². The second kappa shape index (κ2) is 9.72. The van der Waals surface area contributed by atoms with Crippen LogP contribution < -0.4 is 10.1 Å². The van der Waals surface area contributed by atoms with E-state index in [9.17, 15) is 10.1 Å². The summed E-state index contributed by atoms with van der Waals surface area (Å²) in [5, 5.41) is 12.1. The Morgan fingerprint density at radius 1 is 1.25 bits per heavy atom. The van der Waals surface area contributed by atoms with E-state index in [4.69, 9.17) is 9.47 Å². The molecule has 144 valence electrons. The van der Waals surface area contributed by atoms with E-state index in [0.29, 0.717) is 13.2 Å². The Bertz CT molecular complexity index is 858. The van der Waals surface area contributed by atoms with Crippen molar-refractivity contribution in [1.29, 1.82) is 5.26 Å². The van der Waals surface area contributed by atoms with Gasteiger partial charge >= 0.3 is 0 Å². The number of nitrogens with zero attached hydrogens (tertiary/aromatic N) is 1. The van der Waals surface area contributed by atoms with Crippen molar-refractivity contribution in [3.05, 3.63) is 70.8 Å². The molecule has 1 atom stereocenters. The predicted octanol–water partition coefficient (Wildman–Crippen LogP) is 3.78. The fraction of sp³-hybridized carbons (Fsp3) is 0.304. The van der Waals surface area contributed by atoms with Gasteiger partial charge < -0.3 is 14.8 Å². The third-order valence-electron chi connectivity index (χ3n) is 4.60. The molecule has 0 radical (unpaired) electrons. The molecule has 0 aromatic heterocycles. The van der Waals surface area contributed by atoms with E-state index in [1.165, 1.54) is 5.56 Å². The lowest BCUT2D eigenvalue weighted by atomic mass is 10.1. The average molecular weight is 376 g/mol. The highest BCUT2D eigenvalue weighted by atomic mass is 16.5. The molecular formula is C23H24N2O3. The molecule has 1 saturated heterocycles. The highest BCUT2D eigenvalue weighted by Crippen LogP contribution is 2.17. The maximum Gasteiger partial charge on any atom is 0.262 e. The third-order valence-corrected chi connectivity index (χ3v) is 4.60. The maximum absolute atomic E-state index is 12.2. The van der Waals surface area contributed by atoms with E-state index in [1.54, 1.807) is 6.08 Å². The second-order valence-corrected chi connectivity index (χ2v) is 6.86. The summed E-state index contributed by atoms with van der Waals surface area (Å²) < 4.78 is 11.3. The summed E-state index contributed by atoms with van der Waals surface area (Å²) in [6, 6.07) is 17.5. The highest BCUT2D eigenvalue weighted by Gasteiger charge is 2.17. The van der Waals surface area contributed by atoms with Gasteiger partial charge in [-0.1, -0.05) is 42.0 Å². The fourth-order valence-electron chi connectivity index (χ4n) is 2.93. The Labute approximate surface area is 165 Å². The van der Waals surface area contributed by atoms with E-state index < -0.39 is 0 Å². The van der Waals surface area contributed by atoms with Crippen LogP contribution in [-0.4, -0.2) is 25.2 Å². The lowest BCUT2D eigenvalue weighted by Crippen LogP contribution is -2.32. The molecule has 0 spiro atoms. The van der Waals surface area contributed by atoms with Gasteiger partial charge in [0.1, 0.15) is 24.0 Å². The second-order valence-electron chi connectivity index (χ2n) is 6.86. The number of aryl methyl sites for hydroxylation is 1. The normalized spacial score (nSPS) is 16.4. The Balaban J connectivity index is 1.55. The van der Waals surface area contributed by atoms with Gasteiger partial charge in [0.05, 0.1) is 6.10 Å². The smallest absolute Gasteiger partial charge is 0.262 e. The predicted molar refractivity (Wildman–Crippen MR) is 108 cm³/mol. The molecule has 28 heavy (non-hydrogen) atoms. The number of ether oxygens (including phenoxy) is 2. The molecule has 1 heterocycles. The van der Waals surface area contributed by atoms with Crippen LogP contribution in [0.4, 0.5) is 0 Å². The van der Waals surface area contributed by atoms with Crippen molar-refractivity contribution < 1.29 is 14.3 Å². The summed E-state index contributed by atoms with van der Waals surface area (Å²) in [6.45, 7) is 3.71. The summed E-state index contributed by atoms with van der Waals surface area (Å²) in [4.78, 5) is 12.2. The van der Waals surface area contributed by atoms with Crippen molar-refractivity contribution in [3.63, 3.8) is 0 Å². The van der Waals surface area contributed by atoms with Crippen LogP contribution in [0.25, 0.3) is 6.08 Å². The number of amides is 1. The van der Waals surface area contributed by atoms with E-state index in [2.05, 4.69) is 24.4 Å². The van der Waals surface area contributed by atoms with Crippen molar-refractivity contribution in [2.75, 3.05) is 13.2 Å². The van der Waals surface area contributed by atoms with Crippen molar-refractivity contribution in [2.24, 2.45) is 0 Å². The van der Waals surface area contributed by atoms with E-state index in [0.717, 1.165) is 36.3 Å². The molecule has 1 amide bonds. The number of hydrogen-bond donors (Lipinski definition) is 1. The summed E-state index contributed by atoms with van der Waals surface area (Å²) in [7, 11) is 0. The molecule has 5 heteroatoms. The SMILES string of the molecule is Cc1ccc(COc2ccc(/C=C(\C#N)C(=O)NC[C@H]3CCCO3)cc2)cc1. The van der Waals surface area contributed by atoms with Crippen LogP contribution in [0.15, 0.2) is 54.1 Å². The minimum absolute atomic E-state index is 0.0499. The van der Waals surface area contributed by atoms with Crippen LogP contribution in [0.2, 0.25) is 0 Å².